The third kappa shape index (κ3) is 5.09. The van der Waals surface area contributed by atoms with Gasteiger partial charge in [-0.1, -0.05) is 6.58 Å². The van der Waals surface area contributed by atoms with Crippen molar-refractivity contribution in [2.75, 3.05) is 20.3 Å². The summed E-state index contributed by atoms with van der Waals surface area (Å²) in [5.41, 5.74) is -0.809. The van der Waals surface area contributed by atoms with E-state index in [0.29, 0.717) is 0 Å². The number of hydrogen-bond acceptors (Lipinski definition) is 4. The van der Waals surface area contributed by atoms with Crippen molar-refractivity contribution in [3.63, 3.8) is 0 Å². The van der Waals surface area contributed by atoms with Crippen LogP contribution in [0.2, 0.25) is 0 Å². The van der Waals surface area contributed by atoms with Crippen LogP contribution >= 0.6 is 7.60 Å². The van der Waals surface area contributed by atoms with Gasteiger partial charge in [-0.2, -0.15) is 0 Å². The van der Waals surface area contributed by atoms with Gasteiger partial charge in [-0.25, -0.2) is 4.79 Å². The Balaban J connectivity index is 3.93. The lowest BCUT2D eigenvalue weighted by Crippen LogP contribution is -2.16. The van der Waals surface area contributed by atoms with Crippen LogP contribution in [0.5, 0.6) is 0 Å². The highest BCUT2D eigenvalue weighted by Crippen LogP contribution is 2.46. The van der Waals surface area contributed by atoms with Crippen molar-refractivity contribution >= 4 is 13.6 Å². The topological polar surface area (TPSA) is 93.1 Å². The molecule has 0 bridgehead atoms. The first kappa shape index (κ1) is 14.3. The van der Waals surface area contributed by atoms with Gasteiger partial charge < -0.3 is 19.3 Å². The number of hydrogen-bond donors (Lipinski definition) is 2. The van der Waals surface area contributed by atoms with E-state index in [1.807, 2.05) is 0 Å². The van der Waals surface area contributed by atoms with Gasteiger partial charge in [0.15, 0.2) is 0 Å². The fourth-order valence-electron chi connectivity index (χ4n) is 0.689. The number of carbonyl (C=O) groups is 1. The molecule has 7 heteroatoms. The first-order chi connectivity index (χ1) is 6.81. The maximum Gasteiger partial charge on any atom is 0.333 e. The number of rotatable bonds is 7. The summed E-state index contributed by atoms with van der Waals surface area (Å²) in [6.07, 6.45) is 0. The van der Waals surface area contributed by atoms with Gasteiger partial charge in [0.2, 0.25) is 0 Å². The normalized spacial score (nSPS) is 16.7. The number of carboxylic acids is 1. The van der Waals surface area contributed by atoms with E-state index in [4.69, 9.17) is 9.84 Å². The highest BCUT2D eigenvalue weighted by molar-refractivity contribution is 7.53. The molecule has 0 spiro atoms. The summed E-state index contributed by atoms with van der Waals surface area (Å²) in [5, 5.41) is 8.44. The van der Waals surface area contributed by atoms with Gasteiger partial charge in [0.05, 0.1) is 24.4 Å². The monoisotopic (exact) mass is 238 g/mol. The molecule has 0 aliphatic heterocycles. The molecule has 0 saturated heterocycles. The van der Waals surface area contributed by atoms with E-state index in [-0.39, 0.29) is 18.8 Å². The Bertz CT molecular complexity index is 287. The molecule has 0 saturated carbocycles. The standard InChI is InChI=1S/C8H15O6P/c1-6(8(9)10)4-14-5-7(2)15(11,12)13-3/h7H,1,4-5H2,2-3H3,(H,9,10)(H,11,12). The summed E-state index contributed by atoms with van der Waals surface area (Å²) >= 11 is 0. The highest BCUT2D eigenvalue weighted by Gasteiger charge is 2.27. The fraction of sp³-hybridized carbons (Fsp3) is 0.625. The molecule has 15 heavy (non-hydrogen) atoms. The van der Waals surface area contributed by atoms with Crippen LogP contribution < -0.4 is 0 Å². The van der Waals surface area contributed by atoms with Crippen molar-refractivity contribution in [1.29, 1.82) is 0 Å². The van der Waals surface area contributed by atoms with Crippen molar-refractivity contribution in [1.82, 2.24) is 0 Å². The molecule has 0 aromatic carbocycles. The van der Waals surface area contributed by atoms with E-state index in [0.717, 1.165) is 7.11 Å². The quantitative estimate of drug-likeness (QED) is 0.504. The third-order valence-electron chi connectivity index (χ3n) is 1.76. The molecule has 0 aromatic rings. The SMILES string of the molecule is C=C(COCC(C)P(=O)(O)OC)C(=O)O. The average molecular weight is 238 g/mol. The minimum absolute atomic E-state index is 0.0616. The summed E-state index contributed by atoms with van der Waals surface area (Å²) in [4.78, 5) is 19.5. The first-order valence-corrected chi connectivity index (χ1v) is 5.83. The molecular formula is C8H15O6P. The molecule has 2 unspecified atom stereocenters. The van der Waals surface area contributed by atoms with Crippen LogP contribution in [0.4, 0.5) is 0 Å². The van der Waals surface area contributed by atoms with Crippen LogP contribution in [0.25, 0.3) is 0 Å². The molecule has 2 atom stereocenters. The maximum atomic E-state index is 11.2. The molecular weight excluding hydrogens is 223 g/mol. The summed E-state index contributed by atoms with van der Waals surface area (Å²) in [6.45, 7) is 4.49. The average Bonchev–Trinajstić information content (AvgIpc) is 2.17. The minimum Gasteiger partial charge on any atom is -0.478 e. The van der Waals surface area contributed by atoms with Crippen LogP contribution in [0, 0.1) is 0 Å². The Kier molecular flexibility index (Phi) is 5.75. The molecule has 0 aliphatic rings. The van der Waals surface area contributed by atoms with E-state index in [9.17, 15) is 14.3 Å². The van der Waals surface area contributed by atoms with Gasteiger partial charge >= 0.3 is 13.6 Å². The molecule has 0 heterocycles. The lowest BCUT2D eigenvalue weighted by Gasteiger charge is -2.16. The minimum atomic E-state index is -3.65. The Hall–Kier alpha value is -0.680. The van der Waals surface area contributed by atoms with Crippen LogP contribution in [-0.4, -0.2) is 42.0 Å². The van der Waals surface area contributed by atoms with Gasteiger partial charge in [0.25, 0.3) is 0 Å². The molecule has 6 nitrogen and oxygen atoms in total. The van der Waals surface area contributed by atoms with E-state index < -0.39 is 19.2 Å². The van der Waals surface area contributed by atoms with Gasteiger partial charge in [0, 0.05) is 7.11 Å². The number of ether oxygens (including phenoxy) is 1. The van der Waals surface area contributed by atoms with E-state index in [2.05, 4.69) is 11.1 Å². The molecule has 0 aliphatic carbocycles. The van der Waals surface area contributed by atoms with Crippen LogP contribution in [0.1, 0.15) is 6.92 Å². The van der Waals surface area contributed by atoms with Crippen molar-refractivity contribution in [2.24, 2.45) is 0 Å². The second kappa shape index (κ2) is 6.02. The van der Waals surface area contributed by atoms with E-state index in [1.165, 1.54) is 6.92 Å². The highest BCUT2D eigenvalue weighted by atomic mass is 31.2. The van der Waals surface area contributed by atoms with Gasteiger partial charge in [-0.05, 0) is 6.92 Å². The molecule has 0 radical (unpaired) electrons. The second-order valence-corrected chi connectivity index (χ2v) is 5.39. The Morgan fingerprint density at radius 2 is 2.13 bits per heavy atom. The van der Waals surface area contributed by atoms with Gasteiger partial charge in [-0.15, -0.1) is 0 Å². The van der Waals surface area contributed by atoms with Gasteiger partial charge in [-0.3, -0.25) is 4.57 Å². The third-order valence-corrected chi connectivity index (χ3v) is 3.54. The Morgan fingerprint density at radius 3 is 2.53 bits per heavy atom. The maximum absolute atomic E-state index is 11.2. The largest absolute Gasteiger partial charge is 0.478 e. The van der Waals surface area contributed by atoms with Crippen molar-refractivity contribution in [3.8, 4) is 0 Å². The molecule has 0 amide bonds. The zero-order chi connectivity index (χ0) is 12.1. The smallest absolute Gasteiger partial charge is 0.333 e. The molecule has 0 aromatic heterocycles. The Labute approximate surface area is 88.0 Å². The molecule has 2 N–H and O–H groups in total. The molecule has 0 rings (SSSR count). The molecule has 88 valence electrons. The van der Waals surface area contributed by atoms with Crippen LogP contribution in [-0.2, 0) is 18.6 Å². The summed E-state index contributed by atoms with van der Waals surface area (Å²) in [6, 6.07) is 0. The fourth-order valence-corrected chi connectivity index (χ4v) is 1.34. The lowest BCUT2D eigenvalue weighted by molar-refractivity contribution is -0.133. The number of carboxylic acid groups (broad SMARTS) is 1. The van der Waals surface area contributed by atoms with Crippen molar-refractivity contribution < 1.29 is 28.6 Å². The lowest BCUT2D eigenvalue weighted by atomic mass is 10.3. The van der Waals surface area contributed by atoms with Gasteiger partial charge in [0.1, 0.15) is 0 Å². The predicted octanol–water partition coefficient (Wildman–Crippen LogP) is 0.864. The predicted molar refractivity (Wildman–Crippen MR) is 53.9 cm³/mol. The number of aliphatic carboxylic acids is 1. The van der Waals surface area contributed by atoms with E-state index in [1.54, 1.807) is 0 Å². The molecule has 0 fully saturated rings. The van der Waals surface area contributed by atoms with Crippen molar-refractivity contribution in [2.45, 2.75) is 12.6 Å². The zero-order valence-electron chi connectivity index (χ0n) is 8.67. The van der Waals surface area contributed by atoms with Crippen LogP contribution in [0.15, 0.2) is 12.2 Å². The van der Waals surface area contributed by atoms with Crippen molar-refractivity contribution in [3.05, 3.63) is 12.2 Å². The zero-order valence-corrected chi connectivity index (χ0v) is 9.57. The summed E-state index contributed by atoms with van der Waals surface area (Å²) in [5.74, 6) is -1.15. The summed E-state index contributed by atoms with van der Waals surface area (Å²) < 4.78 is 20.5. The van der Waals surface area contributed by atoms with Crippen LogP contribution in [0.3, 0.4) is 0 Å². The second-order valence-electron chi connectivity index (χ2n) is 3.02. The summed E-state index contributed by atoms with van der Waals surface area (Å²) in [7, 11) is -2.52. The Morgan fingerprint density at radius 1 is 1.60 bits per heavy atom. The first-order valence-electron chi connectivity index (χ1n) is 4.18. The van der Waals surface area contributed by atoms with E-state index >= 15 is 0 Å².